The first kappa shape index (κ1) is 17.7. The van der Waals surface area contributed by atoms with E-state index >= 15 is 0 Å². The lowest BCUT2D eigenvalue weighted by Gasteiger charge is -2.12. The minimum atomic E-state index is -0.203. The molecule has 2 rings (SSSR count). The van der Waals surface area contributed by atoms with Gasteiger partial charge in [-0.05, 0) is 41.0 Å². The Morgan fingerprint density at radius 1 is 0.917 bits per heavy atom. The summed E-state index contributed by atoms with van der Waals surface area (Å²) in [5.41, 5.74) is 15.5. The second-order valence-corrected chi connectivity index (χ2v) is 5.19. The molecule has 24 heavy (non-hydrogen) atoms. The van der Waals surface area contributed by atoms with Gasteiger partial charge in [-0.2, -0.15) is 0 Å². The van der Waals surface area contributed by atoms with Crippen molar-refractivity contribution in [2.75, 3.05) is 25.7 Å². The van der Waals surface area contributed by atoms with Gasteiger partial charge in [-0.3, -0.25) is 0 Å². The molecule has 2 aromatic carbocycles. The zero-order valence-corrected chi connectivity index (χ0v) is 13.7. The van der Waals surface area contributed by atoms with Gasteiger partial charge in [0.05, 0.1) is 38.8 Å². The first-order chi connectivity index (χ1) is 11.5. The zero-order chi connectivity index (χ0) is 17.7. The summed E-state index contributed by atoms with van der Waals surface area (Å²) in [6.45, 7) is -0.392. The summed E-state index contributed by atoms with van der Waals surface area (Å²) in [7, 11) is 3.05. The number of benzene rings is 2. The summed E-state index contributed by atoms with van der Waals surface area (Å²) in [6, 6.07) is 7.13. The third-order valence-corrected chi connectivity index (χ3v) is 3.83. The Bertz CT molecular complexity index is 732. The quantitative estimate of drug-likeness (QED) is 0.476. The number of nitrogens with two attached hydrogens (primary N) is 2. The second-order valence-electron chi connectivity index (χ2n) is 5.19. The minimum Gasteiger partial charge on any atom is -0.496 e. The van der Waals surface area contributed by atoms with E-state index in [9.17, 15) is 10.2 Å². The van der Waals surface area contributed by atoms with Crippen LogP contribution in [-0.2, 0) is 13.2 Å². The van der Waals surface area contributed by atoms with E-state index in [4.69, 9.17) is 20.9 Å². The molecule has 0 atom stereocenters. The fraction of sp³-hybridized carbons (Fsp3) is 0.222. The minimum absolute atomic E-state index is 0.189. The topological polar surface area (TPSA) is 111 Å². The number of aliphatic hydroxyl groups is 2. The summed E-state index contributed by atoms with van der Waals surface area (Å²) in [5.74, 6) is 1.05. The summed E-state index contributed by atoms with van der Waals surface area (Å²) in [4.78, 5) is 0. The number of ether oxygens (including phenoxy) is 2. The maximum Gasteiger partial charge on any atom is 0.143 e. The molecular weight excluding hydrogens is 308 g/mol. The van der Waals surface area contributed by atoms with Crippen molar-refractivity contribution >= 4 is 23.5 Å². The molecule has 0 amide bonds. The van der Waals surface area contributed by atoms with Gasteiger partial charge >= 0.3 is 0 Å². The highest BCUT2D eigenvalue weighted by atomic mass is 16.5. The van der Waals surface area contributed by atoms with E-state index in [1.807, 2.05) is 18.2 Å². The van der Waals surface area contributed by atoms with Crippen LogP contribution >= 0.6 is 0 Å². The van der Waals surface area contributed by atoms with Gasteiger partial charge in [-0.15, -0.1) is 0 Å². The third-order valence-electron chi connectivity index (χ3n) is 3.83. The van der Waals surface area contributed by atoms with Crippen molar-refractivity contribution in [1.29, 1.82) is 0 Å². The normalized spacial score (nSPS) is 11.0. The molecule has 6 heteroatoms. The van der Waals surface area contributed by atoms with E-state index in [1.165, 1.54) is 14.2 Å². The van der Waals surface area contributed by atoms with Gasteiger partial charge in [-0.1, -0.05) is 12.2 Å². The fourth-order valence-electron chi connectivity index (χ4n) is 2.47. The number of rotatable bonds is 6. The fourth-order valence-corrected chi connectivity index (χ4v) is 2.47. The molecular formula is C18H22N2O4. The van der Waals surface area contributed by atoms with Gasteiger partial charge in [-0.25, -0.2) is 0 Å². The number of methoxy groups -OCH3 is 2. The molecule has 0 aliphatic carbocycles. The van der Waals surface area contributed by atoms with Crippen LogP contribution in [0, 0.1) is 0 Å². The monoisotopic (exact) mass is 330 g/mol. The van der Waals surface area contributed by atoms with Crippen LogP contribution in [0.4, 0.5) is 11.4 Å². The first-order valence-electron chi connectivity index (χ1n) is 7.37. The number of nitrogen functional groups attached to an aromatic ring is 2. The highest BCUT2D eigenvalue weighted by molar-refractivity contribution is 5.84. The molecule has 2 aromatic rings. The number of hydrogen-bond acceptors (Lipinski definition) is 6. The Hall–Kier alpha value is -2.70. The van der Waals surface area contributed by atoms with Crippen LogP contribution in [0.25, 0.3) is 12.2 Å². The predicted octanol–water partition coefficient (Wildman–Crippen LogP) is 2.02. The van der Waals surface area contributed by atoms with Gasteiger partial charge in [0.1, 0.15) is 11.5 Å². The molecule has 0 aliphatic heterocycles. The van der Waals surface area contributed by atoms with Gasteiger partial charge < -0.3 is 31.2 Å². The van der Waals surface area contributed by atoms with E-state index in [-0.39, 0.29) is 13.2 Å². The van der Waals surface area contributed by atoms with Crippen molar-refractivity contribution in [3.63, 3.8) is 0 Å². The molecule has 0 saturated carbocycles. The van der Waals surface area contributed by atoms with Crippen LogP contribution < -0.4 is 20.9 Å². The lowest BCUT2D eigenvalue weighted by atomic mass is 10.0. The average molecular weight is 330 g/mol. The third kappa shape index (κ3) is 3.45. The van der Waals surface area contributed by atoms with Gasteiger partial charge in [0.15, 0.2) is 0 Å². The molecule has 0 fully saturated rings. The Morgan fingerprint density at radius 3 is 2.21 bits per heavy atom. The van der Waals surface area contributed by atoms with Crippen LogP contribution in [0.1, 0.15) is 22.3 Å². The number of anilines is 2. The standard InChI is InChI=1S/C18H22N2O4/c1-23-15-6-5-12(17(19)18(15)20)4-3-11-7-13(9-21)14(10-22)16(8-11)24-2/h3-8,21-22H,9-10,19-20H2,1-2H3. The molecule has 0 unspecified atom stereocenters. The van der Waals surface area contributed by atoms with Crippen LogP contribution in [0.15, 0.2) is 24.3 Å². The number of aliphatic hydroxyl groups excluding tert-OH is 2. The molecule has 0 saturated heterocycles. The Balaban J connectivity index is 2.41. The molecule has 0 radical (unpaired) electrons. The van der Waals surface area contributed by atoms with Crippen LogP contribution in [0.5, 0.6) is 11.5 Å². The van der Waals surface area contributed by atoms with Crippen molar-refractivity contribution in [2.45, 2.75) is 13.2 Å². The highest BCUT2D eigenvalue weighted by Crippen LogP contribution is 2.32. The molecule has 6 N–H and O–H groups in total. The summed E-state index contributed by atoms with van der Waals surface area (Å²) < 4.78 is 10.4. The maximum absolute atomic E-state index is 9.48. The number of hydrogen-bond donors (Lipinski definition) is 4. The zero-order valence-electron chi connectivity index (χ0n) is 13.7. The van der Waals surface area contributed by atoms with Gasteiger partial charge in [0.2, 0.25) is 0 Å². The average Bonchev–Trinajstić information content (AvgIpc) is 2.61. The van der Waals surface area contributed by atoms with E-state index in [2.05, 4.69) is 0 Å². The van der Waals surface area contributed by atoms with Crippen molar-refractivity contribution < 1.29 is 19.7 Å². The Morgan fingerprint density at radius 2 is 1.62 bits per heavy atom. The van der Waals surface area contributed by atoms with Crippen LogP contribution in [0.3, 0.4) is 0 Å². The summed E-state index contributed by atoms with van der Waals surface area (Å²) in [5, 5.41) is 18.9. The predicted molar refractivity (Wildman–Crippen MR) is 95.6 cm³/mol. The molecule has 6 nitrogen and oxygen atoms in total. The van der Waals surface area contributed by atoms with E-state index in [1.54, 1.807) is 18.2 Å². The second kappa shape index (κ2) is 7.72. The lowest BCUT2D eigenvalue weighted by Crippen LogP contribution is -2.00. The van der Waals surface area contributed by atoms with Crippen molar-refractivity contribution in [2.24, 2.45) is 0 Å². The van der Waals surface area contributed by atoms with E-state index in [0.717, 1.165) is 11.1 Å². The largest absolute Gasteiger partial charge is 0.496 e. The van der Waals surface area contributed by atoms with Crippen LogP contribution in [0.2, 0.25) is 0 Å². The van der Waals surface area contributed by atoms with Gasteiger partial charge in [0, 0.05) is 5.56 Å². The van der Waals surface area contributed by atoms with E-state index < -0.39 is 0 Å². The molecule has 128 valence electrons. The highest BCUT2D eigenvalue weighted by Gasteiger charge is 2.10. The molecule has 0 aromatic heterocycles. The molecule has 0 spiro atoms. The molecule has 0 bridgehead atoms. The Labute approximate surface area is 140 Å². The SMILES string of the molecule is COc1ccc(C=Cc2cc(CO)c(CO)c(OC)c2)c(N)c1N. The summed E-state index contributed by atoms with van der Waals surface area (Å²) >= 11 is 0. The van der Waals surface area contributed by atoms with E-state index in [0.29, 0.717) is 34.0 Å². The van der Waals surface area contributed by atoms with Gasteiger partial charge in [0.25, 0.3) is 0 Å². The maximum atomic E-state index is 9.48. The van der Waals surface area contributed by atoms with Crippen molar-refractivity contribution in [3.05, 3.63) is 46.5 Å². The van der Waals surface area contributed by atoms with Crippen molar-refractivity contribution in [3.8, 4) is 11.5 Å². The first-order valence-corrected chi connectivity index (χ1v) is 7.37. The Kier molecular flexibility index (Phi) is 5.68. The van der Waals surface area contributed by atoms with Crippen molar-refractivity contribution in [1.82, 2.24) is 0 Å². The molecule has 0 aliphatic rings. The van der Waals surface area contributed by atoms with Crippen LogP contribution in [-0.4, -0.2) is 24.4 Å². The molecule has 0 heterocycles. The summed E-state index contributed by atoms with van der Waals surface area (Å²) in [6.07, 6.45) is 3.65. The smallest absolute Gasteiger partial charge is 0.143 e. The lowest BCUT2D eigenvalue weighted by molar-refractivity contribution is 0.254.